The molecule has 1 saturated carbocycles. The van der Waals surface area contributed by atoms with E-state index in [1.54, 1.807) is 11.3 Å². The maximum atomic E-state index is 11.7. The number of thiazole rings is 1. The fourth-order valence-corrected chi connectivity index (χ4v) is 4.02. The Morgan fingerprint density at radius 2 is 2.17 bits per heavy atom. The SMILES string of the molecule is O=C(NCCCc1nc2ccccc2s1)NC[C@@H]1CCC[C@@H]1O. The molecule has 0 bridgehead atoms. The number of fused-ring (bicyclic) bond motifs is 1. The third kappa shape index (κ3) is 4.42. The van der Waals surface area contributed by atoms with Crippen LogP contribution in [-0.4, -0.2) is 35.3 Å². The van der Waals surface area contributed by atoms with Gasteiger partial charge in [-0.25, -0.2) is 9.78 Å². The summed E-state index contributed by atoms with van der Waals surface area (Å²) in [6.45, 7) is 1.19. The second-order valence-electron chi connectivity index (χ2n) is 6.07. The fraction of sp³-hybridized carbons (Fsp3) is 0.529. The largest absolute Gasteiger partial charge is 0.393 e. The Labute approximate surface area is 140 Å². The molecule has 23 heavy (non-hydrogen) atoms. The van der Waals surface area contributed by atoms with Crippen molar-refractivity contribution in [2.75, 3.05) is 13.1 Å². The maximum Gasteiger partial charge on any atom is 0.314 e. The summed E-state index contributed by atoms with van der Waals surface area (Å²) in [5, 5.41) is 16.6. The van der Waals surface area contributed by atoms with Gasteiger partial charge in [-0.3, -0.25) is 0 Å². The van der Waals surface area contributed by atoms with Crippen LogP contribution in [0.15, 0.2) is 24.3 Å². The van der Waals surface area contributed by atoms with Crippen LogP contribution in [-0.2, 0) is 6.42 Å². The lowest BCUT2D eigenvalue weighted by Gasteiger charge is -2.15. The zero-order valence-electron chi connectivity index (χ0n) is 13.1. The smallest absolute Gasteiger partial charge is 0.314 e. The first-order chi connectivity index (χ1) is 11.2. The Morgan fingerprint density at radius 3 is 2.96 bits per heavy atom. The minimum absolute atomic E-state index is 0.145. The van der Waals surface area contributed by atoms with Crippen molar-refractivity contribution in [2.24, 2.45) is 5.92 Å². The van der Waals surface area contributed by atoms with E-state index in [0.29, 0.717) is 13.1 Å². The number of benzene rings is 1. The zero-order chi connectivity index (χ0) is 16.1. The molecule has 0 radical (unpaired) electrons. The Hall–Kier alpha value is -1.66. The number of nitrogens with zero attached hydrogens (tertiary/aromatic N) is 1. The summed E-state index contributed by atoms with van der Waals surface area (Å²) in [6.07, 6.45) is 4.40. The molecule has 0 saturated heterocycles. The van der Waals surface area contributed by atoms with E-state index < -0.39 is 0 Å². The highest BCUT2D eigenvalue weighted by Gasteiger charge is 2.25. The predicted molar refractivity (Wildman–Crippen MR) is 92.7 cm³/mol. The number of nitrogens with one attached hydrogen (secondary N) is 2. The highest BCUT2D eigenvalue weighted by atomic mass is 32.1. The normalized spacial score (nSPS) is 20.7. The van der Waals surface area contributed by atoms with Gasteiger partial charge in [0.1, 0.15) is 0 Å². The fourth-order valence-electron chi connectivity index (χ4n) is 3.01. The number of carbonyl (C=O) groups excluding carboxylic acids is 1. The minimum atomic E-state index is -0.255. The van der Waals surface area contributed by atoms with Crippen LogP contribution in [0.1, 0.15) is 30.7 Å². The van der Waals surface area contributed by atoms with Gasteiger partial charge < -0.3 is 15.7 Å². The molecule has 3 N–H and O–H groups in total. The number of hydrogen-bond acceptors (Lipinski definition) is 4. The highest BCUT2D eigenvalue weighted by molar-refractivity contribution is 7.18. The second-order valence-corrected chi connectivity index (χ2v) is 7.19. The molecule has 0 spiro atoms. The zero-order valence-corrected chi connectivity index (χ0v) is 13.9. The predicted octanol–water partition coefficient (Wildman–Crippen LogP) is 2.69. The van der Waals surface area contributed by atoms with Gasteiger partial charge in [-0.2, -0.15) is 0 Å². The van der Waals surface area contributed by atoms with E-state index in [1.165, 1.54) is 4.70 Å². The van der Waals surface area contributed by atoms with Crippen molar-refractivity contribution < 1.29 is 9.90 Å². The van der Waals surface area contributed by atoms with E-state index in [1.807, 2.05) is 18.2 Å². The van der Waals surface area contributed by atoms with E-state index >= 15 is 0 Å². The third-order valence-electron chi connectivity index (χ3n) is 4.33. The Balaban J connectivity index is 1.33. The average molecular weight is 333 g/mol. The van der Waals surface area contributed by atoms with Gasteiger partial charge >= 0.3 is 6.03 Å². The molecule has 1 aromatic heterocycles. The summed E-state index contributed by atoms with van der Waals surface area (Å²) in [6, 6.07) is 7.99. The van der Waals surface area contributed by atoms with Crippen molar-refractivity contribution in [1.82, 2.24) is 15.6 Å². The quantitative estimate of drug-likeness (QED) is 0.712. The molecule has 3 rings (SSSR count). The number of carbonyl (C=O) groups is 1. The summed E-state index contributed by atoms with van der Waals surface area (Å²) in [5.41, 5.74) is 1.05. The van der Waals surface area contributed by atoms with Gasteiger partial charge in [0.25, 0.3) is 0 Å². The number of hydrogen-bond donors (Lipinski definition) is 3. The number of aromatic nitrogens is 1. The summed E-state index contributed by atoms with van der Waals surface area (Å²) in [5.74, 6) is 0.212. The molecular weight excluding hydrogens is 310 g/mol. The van der Waals surface area contributed by atoms with Gasteiger partial charge in [0.05, 0.1) is 21.3 Å². The number of para-hydroxylation sites is 1. The van der Waals surface area contributed by atoms with Crippen LogP contribution >= 0.6 is 11.3 Å². The van der Waals surface area contributed by atoms with Gasteiger partial charge in [-0.1, -0.05) is 18.6 Å². The van der Waals surface area contributed by atoms with E-state index in [2.05, 4.69) is 21.7 Å². The first-order valence-corrected chi connectivity index (χ1v) is 9.08. The Kier molecular flexibility index (Phi) is 5.46. The number of rotatable bonds is 6. The van der Waals surface area contributed by atoms with Crippen molar-refractivity contribution in [1.29, 1.82) is 0 Å². The van der Waals surface area contributed by atoms with E-state index in [-0.39, 0.29) is 18.1 Å². The lowest BCUT2D eigenvalue weighted by Crippen LogP contribution is -2.40. The van der Waals surface area contributed by atoms with Gasteiger partial charge in [0.15, 0.2) is 0 Å². The molecule has 1 aliphatic carbocycles. The van der Waals surface area contributed by atoms with Gasteiger partial charge in [0.2, 0.25) is 0 Å². The number of urea groups is 1. The van der Waals surface area contributed by atoms with Crippen molar-refractivity contribution in [3.8, 4) is 0 Å². The lowest BCUT2D eigenvalue weighted by molar-refractivity contribution is 0.132. The molecule has 0 unspecified atom stereocenters. The van der Waals surface area contributed by atoms with Crippen LogP contribution in [0.4, 0.5) is 4.79 Å². The summed E-state index contributed by atoms with van der Waals surface area (Å²) >= 11 is 1.72. The average Bonchev–Trinajstić information content (AvgIpc) is 3.15. The van der Waals surface area contributed by atoms with Crippen LogP contribution in [0.5, 0.6) is 0 Å². The molecule has 5 nitrogen and oxygen atoms in total. The molecule has 1 fully saturated rings. The highest BCUT2D eigenvalue weighted by Crippen LogP contribution is 2.24. The molecule has 1 aromatic carbocycles. The first kappa shape index (κ1) is 16.2. The van der Waals surface area contributed by atoms with Crippen LogP contribution in [0.25, 0.3) is 10.2 Å². The lowest BCUT2D eigenvalue weighted by atomic mass is 10.1. The summed E-state index contributed by atoms with van der Waals surface area (Å²) < 4.78 is 1.21. The van der Waals surface area contributed by atoms with E-state index in [9.17, 15) is 9.90 Å². The van der Waals surface area contributed by atoms with Crippen LogP contribution in [0.3, 0.4) is 0 Å². The molecule has 0 aliphatic heterocycles. The molecule has 2 aromatic rings. The molecule has 1 aliphatic rings. The summed E-state index contributed by atoms with van der Waals surface area (Å²) in [4.78, 5) is 16.3. The first-order valence-electron chi connectivity index (χ1n) is 8.26. The van der Waals surface area contributed by atoms with Crippen LogP contribution in [0, 0.1) is 5.92 Å². The molecular formula is C17H23N3O2S. The molecule has 124 valence electrons. The molecule has 1 heterocycles. The van der Waals surface area contributed by atoms with Crippen molar-refractivity contribution in [3.05, 3.63) is 29.3 Å². The Bertz CT molecular complexity index is 625. The van der Waals surface area contributed by atoms with Gasteiger partial charge in [-0.05, 0) is 31.4 Å². The summed E-state index contributed by atoms with van der Waals surface area (Å²) in [7, 11) is 0. The Morgan fingerprint density at radius 1 is 1.30 bits per heavy atom. The topological polar surface area (TPSA) is 74.2 Å². The maximum absolute atomic E-state index is 11.7. The minimum Gasteiger partial charge on any atom is -0.393 e. The number of aryl methyl sites for hydroxylation is 1. The number of aliphatic hydroxyl groups excluding tert-OH is 1. The van der Waals surface area contributed by atoms with E-state index in [0.717, 1.165) is 42.6 Å². The number of amides is 2. The van der Waals surface area contributed by atoms with Crippen molar-refractivity contribution in [3.63, 3.8) is 0 Å². The van der Waals surface area contributed by atoms with Crippen molar-refractivity contribution >= 4 is 27.6 Å². The van der Waals surface area contributed by atoms with Crippen LogP contribution in [0.2, 0.25) is 0 Å². The standard InChI is InChI=1S/C17H23N3O2S/c21-14-7-3-5-12(14)11-19-17(22)18-10-4-9-16-20-13-6-1-2-8-15(13)23-16/h1-2,6,8,12,14,21H,3-5,7,9-11H2,(H2,18,19,22)/t12-,14-/m0/s1. The van der Waals surface area contributed by atoms with Gasteiger partial charge in [-0.15, -0.1) is 11.3 Å². The van der Waals surface area contributed by atoms with Crippen molar-refractivity contribution in [2.45, 2.75) is 38.2 Å². The monoisotopic (exact) mass is 333 g/mol. The number of aliphatic hydroxyl groups is 1. The van der Waals surface area contributed by atoms with E-state index in [4.69, 9.17) is 0 Å². The molecule has 6 heteroatoms. The molecule has 2 amide bonds. The van der Waals surface area contributed by atoms with Crippen LogP contribution < -0.4 is 10.6 Å². The third-order valence-corrected chi connectivity index (χ3v) is 5.43. The molecule has 2 atom stereocenters. The second kappa shape index (κ2) is 7.75. The van der Waals surface area contributed by atoms with Gasteiger partial charge in [0, 0.05) is 25.4 Å².